The number of benzene rings is 2. The number of amides is 1. The van der Waals surface area contributed by atoms with Crippen molar-refractivity contribution in [1.29, 1.82) is 0 Å². The Morgan fingerprint density at radius 3 is 2.59 bits per heavy atom. The second-order valence-corrected chi connectivity index (χ2v) is 6.90. The third-order valence-corrected chi connectivity index (χ3v) is 4.70. The third kappa shape index (κ3) is 4.80. The van der Waals surface area contributed by atoms with Crippen molar-refractivity contribution in [3.63, 3.8) is 0 Å². The molecule has 3 aromatic rings. The highest BCUT2D eigenvalue weighted by atomic mass is 32.2. The molecular formula is C21H16N4O3S. The van der Waals surface area contributed by atoms with Gasteiger partial charge in [0.05, 0.1) is 17.7 Å². The second kappa shape index (κ2) is 8.57. The number of ether oxygens (including phenoxy) is 2. The highest BCUT2D eigenvalue weighted by Crippen LogP contribution is 2.30. The lowest BCUT2D eigenvalue weighted by molar-refractivity contribution is 0.265. The summed E-state index contributed by atoms with van der Waals surface area (Å²) in [5.74, 6) is 1.85. The van der Waals surface area contributed by atoms with Crippen molar-refractivity contribution in [3.05, 3.63) is 77.5 Å². The molecule has 1 fully saturated rings. The first-order valence-electron chi connectivity index (χ1n) is 8.68. The van der Waals surface area contributed by atoms with E-state index >= 15 is 0 Å². The van der Waals surface area contributed by atoms with Crippen LogP contribution in [0, 0.1) is 0 Å². The number of aliphatic imine (C=N–C) groups is 1. The molecule has 1 saturated heterocycles. The van der Waals surface area contributed by atoms with E-state index in [0.717, 1.165) is 28.0 Å². The minimum absolute atomic E-state index is 0.173. The Balaban J connectivity index is 1.59. The fourth-order valence-corrected chi connectivity index (χ4v) is 3.30. The number of nitrogens with zero attached hydrogens (tertiary/aromatic N) is 3. The maximum Gasteiger partial charge on any atom is 0.321 e. The molecule has 29 heavy (non-hydrogen) atoms. The number of carbonyl (C=O) groups is 1. The van der Waals surface area contributed by atoms with Crippen LogP contribution in [-0.4, -0.2) is 28.2 Å². The number of carbonyl (C=O) groups excluding carboxylic acids is 1. The van der Waals surface area contributed by atoms with Crippen LogP contribution >= 0.6 is 11.8 Å². The molecule has 0 bridgehead atoms. The summed E-state index contributed by atoms with van der Waals surface area (Å²) in [6.07, 6.45) is 5.11. The Bertz CT molecular complexity index is 1080. The van der Waals surface area contributed by atoms with Gasteiger partial charge in [-0.1, -0.05) is 12.1 Å². The van der Waals surface area contributed by atoms with E-state index in [9.17, 15) is 4.79 Å². The van der Waals surface area contributed by atoms with Crippen molar-refractivity contribution in [2.75, 3.05) is 7.11 Å². The van der Waals surface area contributed by atoms with Crippen molar-refractivity contribution in [3.8, 4) is 17.5 Å². The normalized spacial score (nSPS) is 16.1. The SMILES string of the molecule is COc1ccc(N=C2NC(=O)S/C2=C\c2cccc(Oc3ncccn3)c2)cc1. The summed E-state index contributed by atoms with van der Waals surface area (Å²) in [6.45, 7) is 0. The molecule has 7 nitrogen and oxygen atoms in total. The van der Waals surface area contributed by atoms with E-state index in [1.165, 1.54) is 0 Å². The first-order valence-corrected chi connectivity index (χ1v) is 9.50. The smallest absolute Gasteiger partial charge is 0.321 e. The zero-order valence-electron chi connectivity index (χ0n) is 15.4. The quantitative estimate of drug-likeness (QED) is 0.657. The van der Waals surface area contributed by atoms with Crippen molar-refractivity contribution in [1.82, 2.24) is 15.3 Å². The molecule has 1 aliphatic heterocycles. The van der Waals surface area contributed by atoms with Crippen LogP contribution in [0.15, 0.2) is 76.9 Å². The number of rotatable bonds is 5. The fourth-order valence-electron chi connectivity index (χ4n) is 2.56. The molecule has 1 aliphatic rings. The summed E-state index contributed by atoms with van der Waals surface area (Å²) in [7, 11) is 1.61. The summed E-state index contributed by atoms with van der Waals surface area (Å²) in [4.78, 5) is 25.3. The highest BCUT2D eigenvalue weighted by Gasteiger charge is 2.23. The largest absolute Gasteiger partial charge is 0.497 e. The maximum absolute atomic E-state index is 11.9. The molecule has 8 heteroatoms. The zero-order chi connectivity index (χ0) is 20.1. The first kappa shape index (κ1) is 18.7. The van der Waals surface area contributed by atoms with Gasteiger partial charge in [-0.25, -0.2) is 15.0 Å². The number of amidine groups is 1. The number of thioether (sulfide) groups is 1. The Morgan fingerprint density at radius 2 is 1.83 bits per heavy atom. The number of hydrogen-bond acceptors (Lipinski definition) is 7. The monoisotopic (exact) mass is 404 g/mol. The van der Waals surface area contributed by atoms with Crippen LogP contribution in [0.3, 0.4) is 0 Å². The average Bonchev–Trinajstić information content (AvgIpc) is 3.08. The molecule has 1 N–H and O–H groups in total. The van der Waals surface area contributed by atoms with Crippen molar-refractivity contribution >= 4 is 34.6 Å². The molecule has 0 spiro atoms. The zero-order valence-corrected chi connectivity index (χ0v) is 16.2. The summed E-state index contributed by atoms with van der Waals surface area (Å²) in [5, 5.41) is 2.61. The fraction of sp³-hybridized carbons (Fsp3) is 0.0476. The maximum atomic E-state index is 11.9. The van der Waals surface area contributed by atoms with Crippen molar-refractivity contribution in [2.24, 2.45) is 4.99 Å². The van der Waals surface area contributed by atoms with Gasteiger partial charge in [0.15, 0.2) is 0 Å². The van der Waals surface area contributed by atoms with Crippen LogP contribution in [0.2, 0.25) is 0 Å². The van der Waals surface area contributed by atoms with Gasteiger partial charge in [0.25, 0.3) is 5.24 Å². The van der Waals surface area contributed by atoms with Crippen LogP contribution in [-0.2, 0) is 0 Å². The highest BCUT2D eigenvalue weighted by molar-refractivity contribution is 8.18. The van der Waals surface area contributed by atoms with Gasteiger partial charge in [-0.05, 0) is 65.9 Å². The van der Waals surface area contributed by atoms with Gasteiger partial charge in [-0.2, -0.15) is 0 Å². The number of methoxy groups -OCH3 is 1. The molecular weight excluding hydrogens is 388 g/mol. The van der Waals surface area contributed by atoms with Gasteiger partial charge in [-0.15, -0.1) is 0 Å². The van der Waals surface area contributed by atoms with Gasteiger partial charge in [0.1, 0.15) is 17.3 Å². The van der Waals surface area contributed by atoms with Crippen LogP contribution in [0.5, 0.6) is 17.5 Å². The van der Waals surface area contributed by atoms with Gasteiger partial charge < -0.3 is 14.8 Å². The molecule has 4 rings (SSSR count). The topological polar surface area (TPSA) is 85.7 Å². The predicted molar refractivity (Wildman–Crippen MR) is 113 cm³/mol. The summed E-state index contributed by atoms with van der Waals surface area (Å²) in [6, 6.07) is 16.7. The lowest BCUT2D eigenvalue weighted by Gasteiger charge is -2.05. The van der Waals surface area contributed by atoms with E-state index in [4.69, 9.17) is 9.47 Å². The lowest BCUT2D eigenvalue weighted by atomic mass is 10.2. The molecule has 1 aromatic heterocycles. The van der Waals surface area contributed by atoms with Gasteiger partial charge in [0, 0.05) is 12.4 Å². The number of nitrogens with one attached hydrogen (secondary N) is 1. The molecule has 1 amide bonds. The summed E-state index contributed by atoms with van der Waals surface area (Å²) in [5.41, 5.74) is 1.58. The van der Waals surface area contributed by atoms with Crippen LogP contribution in [0.25, 0.3) is 6.08 Å². The van der Waals surface area contributed by atoms with E-state index < -0.39 is 0 Å². The Morgan fingerprint density at radius 1 is 1.03 bits per heavy atom. The van der Waals surface area contributed by atoms with Crippen molar-refractivity contribution < 1.29 is 14.3 Å². The van der Waals surface area contributed by atoms with E-state index in [2.05, 4.69) is 20.3 Å². The van der Waals surface area contributed by atoms with E-state index in [1.807, 2.05) is 54.6 Å². The molecule has 0 aliphatic carbocycles. The van der Waals surface area contributed by atoms with E-state index in [-0.39, 0.29) is 11.2 Å². The molecule has 0 atom stereocenters. The van der Waals surface area contributed by atoms with Crippen LogP contribution in [0.1, 0.15) is 5.56 Å². The van der Waals surface area contributed by atoms with Crippen LogP contribution < -0.4 is 14.8 Å². The molecule has 144 valence electrons. The average molecular weight is 404 g/mol. The van der Waals surface area contributed by atoms with Gasteiger partial charge >= 0.3 is 6.01 Å². The Hall–Kier alpha value is -3.65. The second-order valence-electron chi connectivity index (χ2n) is 5.89. The van der Waals surface area contributed by atoms with E-state index in [0.29, 0.717) is 17.3 Å². The minimum Gasteiger partial charge on any atom is -0.497 e. The predicted octanol–water partition coefficient (Wildman–Crippen LogP) is 4.81. The molecule has 0 radical (unpaired) electrons. The van der Waals surface area contributed by atoms with Gasteiger partial charge in [-0.3, -0.25) is 4.79 Å². The Kier molecular flexibility index (Phi) is 5.53. The number of aromatic nitrogens is 2. The molecule has 0 unspecified atom stereocenters. The lowest BCUT2D eigenvalue weighted by Crippen LogP contribution is -2.18. The van der Waals surface area contributed by atoms with Gasteiger partial charge in [0.2, 0.25) is 0 Å². The standard InChI is InChI=1S/C21H16N4O3S/c1-27-16-8-6-15(7-9-16)24-19-18(29-21(26)25-19)13-14-4-2-5-17(12-14)28-20-22-10-3-11-23-20/h2-13H,1H3,(H,24,25,26)/b18-13-. The molecule has 2 aromatic carbocycles. The third-order valence-electron chi connectivity index (χ3n) is 3.88. The minimum atomic E-state index is -0.173. The Labute approximate surface area is 171 Å². The molecule has 0 saturated carbocycles. The summed E-state index contributed by atoms with van der Waals surface area (Å²) >= 11 is 1.10. The summed E-state index contributed by atoms with van der Waals surface area (Å²) < 4.78 is 10.8. The molecule has 2 heterocycles. The van der Waals surface area contributed by atoms with Crippen molar-refractivity contribution in [2.45, 2.75) is 0 Å². The van der Waals surface area contributed by atoms with E-state index in [1.54, 1.807) is 25.6 Å². The first-order chi connectivity index (χ1) is 14.2. The van der Waals surface area contributed by atoms with Crippen LogP contribution in [0.4, 0.5) is 10.5 Å². The number of hydrogen-bond donors (Lipinski definition) is 1.